The van der Waals surface area contributed by atoms with E-state index in [0.717, 1.165) is 5.56 Å². The van der Waals surface area contributed by atoms with E-state index in [4.69, 9.17) is 5.26 Å². The van der Waals surface area contributed by atoms with Gasteiger partial charge in [-0.2, -0.15) is 5.26 Å². The van der Waals surface area contributed by atoms with E-state index in [0.29, 0.717) is 5.92 Å². The van der Waals surface area contributed by atoms with Gasteiger partial charge in [0.15, 0.2) is 0 Å². The second-order valence-electron chi connectivity index (χ2n) is 3.67. The molecule has 0 saturated carbocycles. The van der Waals surface area contributed by atoms with Crippen LogP contribution in [-0.4, -0.2) is 0 Å². The molecule has 0 N–H and O–H groups in total. The molecule has 1 aliphatic rings. The fourth-order valence-corrected chi connectivity index (χ4v) is 2.18. The third-order valence-corrected chi connectivity index (χ3v) is 2.97. The van der Waals surface area contributed by atoms with Gasteiger partial charge in [0.05, 0.1) is 11.6 Å². The minimum absolute atomic E-state index is 0.697. The van der Waals surface area contributed by atoms with Crippen LogP contribution in [0.15, 0.2) is 18.2 Å². The summed E-state index contributed by atoms with van der Waals surface area (Å²) in [5.74, 6) is 0.697. The summed E-state index contributed by atoms with van der Waals surface area (Å²) in [4.78, 5) is 0. The number of aryl methyl sites for hydroxylation is 1. The van der Waals surface area contributed by atoms with Crippen molar-refractivity contribution >= 4 is 0 Å². The van der Waals surface area contributed by atoms with E-state index in [9.17, 15) is 0 Å². The Kier molecular flexibility index (Phi) is 2.06. The van der Waals surface area contributed by atoms with Crippen LogP contribution in [0.3, 0.4) is 0 Å². The van der Waals surface area contributed by atoms with E-state index in [-0.39, 0.29) is 0 Å². The lowest BCUT2D eigenvalue weighted by atomic mass is 9.97. The standard InChI is InChI=1S/C12H13N/c1-2-10-5-6-11-4-3-9(8-13)7-12(10)11/h3-4,7,10H,2,5-6H2,1H3. The Balaban J connectivity index is 2.44. The van der Waals surface area contributed by atoms with Crippen LogP contribution in [0.5, 0.6) is 0 Å². The highest BCUT2D eigenvalue weighted by Gasteiger charge is 2.20. The Morgan fingerprint density at radius 2 is 2.38 bits per heavy atom. The van der Waals surface area contributed by atoms with Crippen LogP contribution < -0.4 is 0 Å². The van der Waals surface area contributed by atoms with Crippen molar-refractivity contribution in [3.05, 3.63) is 34.9 Å². The summed E-state index contributed by atoms with van der Waals surface area (Å²) in [5.41, 5.74) is 3.67. The van der Waals surface area contributed by atoms with E-state index in [1.54, 1.807) is 0 Å². The molecule has 2 rings (SSSR count). The van der Waals surface area contributed by atoms with Gasteiger partial charge in [-0.15, -0.1) is 0 Å². The number of fused-ring (bicyclic) bond motifs is 1. The van der Waals surface area contributed by atoms with Gasteiger partial charge in [0.2, 0.25) is 0 Å². The Hall–Kier alpha value is -1.29. The van der Waals surface area contributed by atoms with Crippen LogP contribution in [0.4, 0.5) is 0 Å². The van der Waals surface area contributed by atoms with Crippen LogP contribution in [0.25, 0.3) is 0 Å². The highest BCUT2D eigenvalue weighted by Crippen LogP contribution is 2.35. The number of nitrogens with zero attached hydrogens (tertiary/aromatic N) is 1. The summed E-state index contributed by atoms with van der Waals surface area (Å²) in [6, 6.07) is 8.31. The molecule has 13 heavy (non-hydrogen) atoms. The molecule has 1 aliphatic carbocycles. The van der Waals surface area contributed by atoms with Crippen molar-refractivity contribution in [2.24, 2.45) is 0 Å². The molecule has 0 bridgehead atoms. The molecular formula is C12H13N. The topological polar surface area (TPSA) is 23.8 Å². The van der Waals surface area contributed by atoms with Gasteiger partial charge in [0.1, 0.15) is 0 Å². The summed E-state index contributed by atoms with van der Waals surface area (Å²) < 4.78 is 0. The normalized spacial score (nSPS) is 19.5. The van der Waals surface area contributed by atoms with E-state index >= 15 is 0 Å². The lowest BCUT2D eigenvalue weighted by molar-refractivity contribution is 0.656. The zero-order valence-electron chi connectivity index (χ0n) is 7.88. The third-order valence-electron chi connectivity index (χ3n) is 2.97. The summed E-state index contributed by atoms with van der Waals surface area (Å²) in [6.07, 6.45) is 3.65. The smallest absolute Gasteiger partial charge is 0.0991 e. The second kappa shape index (κ2) is 3.22. The highest BCUT2D eigenvalue weighted by molar-refractivity contribution is 5.42. The first-order valence-electron chi connectivity index (χ1n) is 4.88. The van der Waals surface area contributed by atoms with Crippen molar-refractivity contribution in [1.82, 2.24) is 0 Å². The van der Waals surface area contributed by atoms with Crippen molar-refractivity contribution in [1.29, 1.82) is 5.26 Å². The number of benzene rings is 1. The first-order chi connectivity index (χ1) is 6.35. The van der Waals surface area contributed by atoms with Gasteiger partial charge >= 0.3 is 0 Å². The van der Waals surface area contributed by atoms with Crippen molar-refractivity contribution in [3.63, 3.8) is 0 Å². The average Bonchev–Trinajstić information content (AvgIpc) is 2.59. The Bertz CT molecular complexity index is 360. The number of nitriles is 1. The van der Waals surface area contributed by atoms with Crippen LogP contribution >= 0.6 is 0 Å². The van der Waals surface area contributed by atoms with E-state index < -0.39 is 0 Å². The minimum Gasteiger partial charge on any atom is -0.192 e. The monoisotopic (exact) mass is 171 g/mol. The minimum atomic E-state index is 0.697. The predicted molar refractivity (Wildman–Crippen MR) is 52.5 cm³/mol. The first kappa shape index (κ1) is 8.31. The van der Waals surface area contributed by atoms with Gasteiger partial charge in [-0.25, -0.2) is 0 Å². The lowest BCUT2D eigenvalue weighted by Crippen LogP contribution is -1.91. The van der Waals surface area contributed by atoms with E-state index in [2.05, 4.69) is 25.1 Å². The SMILES string of the molecule is CCC1CCc2ccc(C#N)cc21. The van der Waals surface area contributed by atoms with Crippen molar-refractivity contribution in [2.45, 2.75) is 32.1 Å². The molecule has 1 nitrogen and oxygen atoms in total. The average molecular weight is 171 g/mol. The molecule has 66 valence electrons. The Labute approximate surface area is 79.0 Å². The van der Waals surface area contributed by atoms with E-state index in [1.165, 1.54) is 30.4 Å². The predicted octanol–water partition coefficient (Wildman–Crippen LogP) is 3.00. The molecule has 0 saturated heterocycles. The molecule has 0 fully saturated rings. The summed E-state index contributed by atoms with van der Waals surface area (Å²) >= 11 is 0. The summed E-state index contributed by atoms with van der Waals surface area (Å²) in [6.45, 7) is 2.22. The quantitative estimate of drug-likeness (QED) is 0.637. The highest BCUT2D eigenvalue weighted by atomic mass is 14.3. The number of rotatable bonds is 1. The maximum Gasteiger partial charge on any atom is 0.0991 e. The van der Waals surface area contributed by atoms with Gasteiger partial charge in [0, 0.05) is 0 Å². The zero-order chi connectivity index (χ0) is 9.26. The Morgan fingerprint density at radius 1 is 1.54 bits per heavy atom. The third kappa shape index (κ3) is 1.33. The fourth-order valence-electron chi connectivity index (χ4n) is 2.18. The Morgan fingerprint density at radius 3 is 3.08 bits per heavy atom. The van der Waals surface area contributed by atoms with Crippen molar-refractivity contribution in [2.75, 3.05) is 0 Å². The van der Waals surface area contributed by atoms with Crippen LogP contribution in [-0.2, 0) is 6.42 Å². The van der Waals surface area contributed by atoms with Crippen molar-refractivity contribution in [3.8, 4) is 6.07 Å². The molecule has 0 aliphatic heterocycles. The largest absolute Gasteiger partial charge is 0.192 e. The van der Waals surface area contributed by atoms with Gasteiger partial charge < -0.3 is 0 Å². The zero-order valence-corrected chi connectivity index (χ0v) is 7.88. The molecule has 1 aromatic rings. The number of hydrogen-bond donors (Lipinski definition) is 0. The maximum absolute atomic E-state index is 8.78. The van der Waals surface area contributed by atoms with Gasteiger partial charge in [-0.05, 0) is 48.4 Å². The molecule has 0 spiro atoms. The molecular weight excluding hydrogens is 158 g/mol. The molecule has 0 aromatic heterocycles. The van der Waals surface area contributed by atoms with Crippen molar-refractivity contribution < 1.29 is 0 Å². The van der Waals surface area contributed by atoms with Gasteiger partial charge in [0.25, 0.3) is 0 Å². The summed E-state index contributed by atoms with van der Waals surface area (Å²) in [7, 11) is 0. The molecule has 1 heteroatoms. The number of hydrogen-bond acceptors (Lipinski definition) is 1. The van der Waals surface area contributed by atoms with Crippen LogP contribution in [0, 0.1) is 11.3 Å². The van der Waals surface area contributed by atoms with E-state index in [1.807, 2.05) is 6.07 Å². The fraction of sp³-hybridized carbons (Fsp3) is 0.417. The van der Waals surface area contributed by atoms with Gasteiger partial charge in [-0.3, -0.25) is 0 Å². The second-order valence-corrected chi connectivity index (χ2v) is 3.67. The molecule has 1 unspecified atom stereocenters. The van der Waals surface area contributed by atoms with Gasteiger partial charge in [-0.1, -0.05) is 13.0 Å². The van der Waals surface area contributed by atoms with Crippen LogP contribution in [0.2, 0.25) is 0 Å². The van der Waals surface area contributed by atoms with Crippen LogP contribution in [0.1, 0.15) is 42.4 Å². The lowest BCUT2D eigenvalue weighted by Gasteiger charge is -2.07. The molecule has 0 amide bonds. The first-order valence-corrected chi connectivity index (χ1v) is 4.88. The maximum atomic E-state index is 8.78. The molecule has 1 atom stereocenters. The molecule has 0 radical (unpaired) electrons. The molecule has 1 aromatic carbocycles. The summed E-state index contributed by atoms with van der Waals surface area (Å²) in [5, 5.41) is 8.78. The molecule has 0 heterocycles.